The van der Waals surface area contributed by atoms with E-state index < -0.39 is 5.97 Å². The Labute approximate surface area is 187 Å². The zero-order valence-electron chi connectivity index (χ0n) is 18.6. The van der Waals surface area contributed by atoms with Crippen molar-refractivity contribution < 1.29 is 19.0 Å². The minimum atomic E-state index is -0.708. The van der Waals surface area contributed by atoms with Gasteiger partial charge in [0.15, 0.2) is 11.4 Å². The third-order valence-corrected chi connectivity index (χ3v) is 4.55. The van der Waals surface area contributed by atoms with E-state index in [-0.39, 0.29) is 18.3 Å². The third kappa shape index (κ3) is 5.67. The Morgan fingerprint density at radius 1 is 1.22 bits per heavy atom. The van der Waals surface area contributed by atoms with E-state index in [1.807, 2.05) is 62.4 Å². The van der Waals surface area contributed by atoms with Crippen molar-refractivity contribution in [2.24, 2.45) is 0 Å². The molecule has 0 radical (unpaired) electrons. The fraction of sp³-hybridized carbons (Fsp3) is 0.320. The first kappa shape index (κ1) is 22.9. The summed E-state index contributed by atoms with van der Waals surface area (Å²) < 4.78 is 18.8. The standard InChI is InChI=1S/C25H27N3O4/c1-4-5-14-30-24-21(28-13-9-12-22(23(28)27-24)32-18(2)3)15-20(16-26)25(29)31-17-19-10-7-6-8-11-19/h6-13,15,18H,4-5,14,17H2,1-3H3. The summed E-state index contributed by atoms with van der Waals surface area (Å²) in [5.41, 5.74) is 1.73. The molecular weight excluding hydrogens is 406 g/mol. The maximum Gasteiger partial charge on any atom is 0.349 e. The summed E-state index contributed by atoms with van der Waals surface area (Å²) in [6.45, 7) is 6.49. The zero-order chi connectivity index (χ0) is 22.9. The first-order chi connectivity index (χ1) is 15.5. The topological polar surface area (TPSA) is 85.9 Å². The lowest BCUT2D eigenvalue weighted by atomic mass is 10.2. The molecule has 0 bridgehead atoms. The number of fused-ring (bicyclic) bond motifs is 1. The largest absolute Gasteiger partial charge is 0.487 e. The SMILES string of the molecule is CCCCOc1nc2c(OC(C)C)cccn2c1C=C(C#N)C(=O)OCc1ccccc1. The van der Waals surface area contributed by atoms with Crippen LogP contribution in [0.2, 0.25) is 0 Å². The van der Waals surface area contributed by atoms with Gasteiger partial charge in [0.2, 0.25) is 5.88 Å². The second-order valence-electron chi connectivity index (χ2n) is 7.47. The van der Waals surface area contributed by atoms with Gasteiger partial charge in [-0.15, -0.1) is 0 Å². The van der Waals surface area contributed by atoms with Crippen molar-refractivity contribution >= 4 is 17.7 Å². The summed E-state index contributed by atoms with van der Waals surface area (Å²) in [6, 6.07) is 14.9. The zero-order valence-corrected chi connectivity index (χ0v) is 18.6. The van der Waals surface area contributed by atoms with Crippen LogP contribution in [0.1, 0.15) is 44.9 Å². The van der Waals surface area contributed by atoms with Crippen molar-refractivity contribution in [1.29, 1.82) is 5.26 Å². The highest BCUT2D eigenvalue weighted by molar-refractivity contribution is 5.98. The van der Waals surface area contributed by atoms with Gasteiger partial charge in [-0.25, -0.2) is 4.79 Å². The summed E-state index contributed by atoms with van der Waals surface area (Å²) in [5, 5.41) is 9.63. The summed E-state index contributed by atoms with van der Waals surface area (Å²) >= 11 is 0. The highest BCUT2D eigenvalue weighted by atomic mass is 16.5. The molecule has 2 aromatic heterocycles. The van der Waals surface area contributed by atoms with Crippen molar-refractivity contribution in [3.63, 3.8) is 0 Å². The smallest absolute Gasteiger partial charge is 0.349 e. The number of ether oxygens (including phenoxy) is 3. The van der Waals surface area contributed by atoms with Gasteiger partial charge in [-0.3, -0.25) is 4.40 Å². The molecule has 32 heavy (non-hydrogen) atoms. The number of imidazole rings is 1. The number of rotatable bonds is 10. The molecule has 0 aliphatic heterocycles. The number of hydrogen-bond acceptors (Lipinski definition) is 6. The molecule has 0 atom stereocenters. The van der Waals surface area contributed by atoms with Crippen molar-refractivity contribution in [3.8, 4) is 17.7 Å². The van der Waals surface area contributed by atoms with E-state index in [4.69, 9.17) is 14.2 Å². The number of carbonyl (C=O) groups is 1. The molecule has 0 saturated carbocycles. The van der Waals surface area contributed by atoms with E-state index in [9.17, 15) is 10.1 Å². The van der Waals surface area contributed by atoms with E-state index in [0.29, 0.717) is 29.6 Å². The van der Waals surface area contributed by atoms with Gasteiger partial charge in [0, 0.05) is 6.20 Å². The summed E-state index contributed by atoms with van der Waals surface area (Å²) in [7, 11) is 0. The van der Waals surface area contributed by atoms with Crippen LogP contribution in [-0.2, 0) is 16.1 Å². The van der Waals surface area contributed by atoms with Gasteiger partial charge in [0.05, 0.1) is 12.7 Å². The van der Waals surface area contributed by atoms with E-state index in [2.05, 4.69) is 11.9 Å². The van der Waals surface area contributed by atoms with Crippen LogP contribution in [0.5, 0.6) is 11.6 Å². The van der Waals surface area contributed by atoms with Gasteiger partial charge in [-0.2, -0.15) is 10.2 Å². The van der Waals surface area contributed by atoms with Crippen molar-refractivity contribution in [2.75, 3.05) is 6.61 Å². The monoisotopic (exact) mass is 433 g/mol. The highest BCUT2D eigenvalue weighted by Gasteiger charge is 2.19. The van der Waals surface area contributed by atoms with Crippen LogP contribution in [0.4, 0.5) is 0 Å². The predicted molar refractivity (Wildman–Crippen MR) is 121 cm³/mol. The van der Waals surface area contributed by atoms with Crippen LogP contribution in [0, 0.1) is 11.3 Å². The number of benzene rings is 1. The van der Waals surface area contributed by atoms with E-state index in [1.165, 1.54) is 6.08 Å². The summed E-state index contributed by atoms with van der Waals surface area (Å²) in [4.78, 5) is 17.2. The molecule has 0 saturated heterocycles. The maximum atomic E-state index is 12.6. The lowest BCUT2D eigenvalue weighted by Crippen LogP contribution is -2.08. The second-order valence-corrected chi connectivity index (χ2v) is 7.47. The molecule has 7 heteroatoms. The Morgan fingerprint density at radius 2 is 2.00 bits per heavy atom. The van der Waals surface area contributed by atoms with Crippen molar-refractivity contribution in [3.05, 3.63) is 65.5 Å². The molecule has 0 amide bonds. The average Bonchev–Trinajstić information content (AvgIpc) is 3.14. The number of carbonyl (C=O) groups excluding carboxylic acids is 1. The first-order valence-corrected chi connectivity index (χ1v) is 10.7. The van der Waals surface area contributed by atoms with E-state index >= 15 is 0 Å². The fourth-order valence-corrected chi connectivity index (χ4v) is 3.01. The first-order valence-electron chi connectivity index (χ1n) is 10.7. The fourth-order valence-electron chi connectivity index (χ4n) is 3.01. The Balaban J connectivity index is 1.96. The lowest BCUT2D eigenvalue weighted by Gasteiger charge is -2.10. The Bertz CT molecular complexity index is 1130. The normalized spacial score (nSPS) is 11.4. The highest BCUT2D eigenvalue weighted by Crippen LogP contribution is 2.29. The minimum Gasteiger partial charge on any atom is -0.487 e. The molecular formula is C25H27N3O4. The average molecular weight is 434 g/mol. The number of pyridine rings is 1. The number of hydrogen-bond donors (Lipinski definition) is 0. The number of aromatic nitrogens is 2. The van der Waals surface area contributed by atoms with Gasteiger partial charge in [-0.05, 0) is 44.0 Å². The molecule has 166 valence electrons. The third-order valence-electron chi connectivity index (χ3n) is 4.55. The molecule has 3 rings (SSSR count). The minimum absolute atomic E-state index is 0.0380. The van der Waals surface area contributed by atoms with Crippen LogP contribution in [0.25, 0.3) is 11.7 Å². The van der Waals surface area contributed by atoms with Crippen LogP contribution < -0.4 is 9.47 Å². The Hall–Kier alpha value is -3.79. The number of esters is 1. The van der Waals surface area contributed by atoms with Crippen molar-refractivity contribution in [1.82, 2.24) is 9.38 Å². The van der Waals surface area contributed by atoms with Gasteiger partial charge < -0.3 is 14.2 Å². The lowest BCUT2D eigenvalue weighted by molar-refractivity contribution is -0.139. The maximum absolute atomic E-state index is 12.6. The molecule has 0 fully saturated rings. The molecule has 0 unspecified atom stereocenters. The van der Waals surface area contributed by atoms with Crippen LogP contribution >= 0.6 is 0 Å². The van der Waals surface area contributed by atoms with Crippen LogP contribution in [-0.4, -0.2) is 28.1 Å². The van der Waals surface area contributed by atoms with E-state index in [0.717, 1.165) is 18.4 Å². The molecule has 3 aromatic rings. The quantitative estimate of drug-likeness (QED) is 0.195. The van der Waals surface area contributed by atoms with Crippen LogP contribution in [0.3, 0.4) is 0 Å². The Morgan fingerprint density at radius 3 is 2.69 bits per heavy atom. The molecule has 0 spiro atoms. The molecule has 1 aromatic carbocycles. The molecule has 2 heterocycles. The molecule has 0 aliphatic carbocycles. The molecule has 0 N–H and O–H groups in total. The summed E-state index contributed by atoms with van der Waals surface area (Å²) in [5.74, 6) is 0.218. The molecule has 0 aliphatic rings. The van der Waals surface area contributed by atoms with E-state index in [1.54, 1.807) is 10.6 Å². The Kier molecular flexibility index (Phi) is 7.87. The summed E-state index contributed by atoms with van der Waals surface area (Å²) in [6.07, 6.45) is 5.03. The second kappa shape index (κ2) is 11.0. The number of nitriles is 1. The van der Waals surface area contributed by atoms with Gasteiger partial charge in [-0.1, -0.05) is 43.7 Å². The predicted octanol–water partition coefficient (Wildman–Crippen LogP) is 4.95. The van der Waals surface area contributed by atoms with Gasteiger partial charge in [0.1, 0.15) is 23.9 Å². The number of nitrogens with zero attached hydrogens (tertiary/aromatic N) is 3. The number of unbranched alkanes of at least 4 members (excludes halogenated alkanes) is 1. The van der Waals surface area contributed by atoms with Gasteiger partial charge >= 0.3 is 5.97 Å². The van der Waals surface area contributed by atoms with Gasteiger partial charge in [0.25, 0.3) is 0 Å². The van der Waals surface area contributed by atoms with Crippen molar-refractivity contribution in [2.45, 2.75) is 46.3 Å². The molecule has 7 nitrogen and oxygen atoms in total. The van der Waals surface area contributed by atoms with Crippen LogP contribution in [0.15, 0.2) is 54.2 Å².